The van der Waals surface area contributed by atoms with E-state index in [4.69, 9.17) is 0 Å². The Morgan fingerprint density at radius 1 is 1.04 bits per heavy atom. The van der Waals surface area contributed by atoms with Gasteiger partial charge in [-0.05, 0) is 65.4 Å². The van der Waals surface area contributed by atoms with Crippen molar-refractivity contribution in [2.45, 2.75) is 18.9 Å². The van der Waals surface area contributed by atoms with Crippen molar-refractivity contribution in [1.29, 1.82) is 0 Å². The zero-order valence-corrected chi connectivity index (χ0v) is 14.7. The first-order valence-electron chi connectivity index (χ1n) is 7.55. The summed E-state index contributed by atoms with van der Waals surface area (Å²) in [4.78, 5) is 25.9. The van der Waals surface area contributed by atoms with Crippen molar-refractivity contribution in [1.82, 2.24) is 5.32 Å². The topological polar surface area (TPSA) is 49.4 Å². The second-order valence-electron chi connectivity index (χ2n) is 5.49. The molecule has 0 unspecified atom stereocenters. The summed E-state index contributed by atoms with van der Waals surface area (Å²) in [6, 6.07) is 17.1. The van der Waals surface area contributed by atoms with Gasteiger partial charge in [-0.2, -0.15) is 0 Å². The van der Waals surface area contributed by atoms with Crippen molar-refractivity contribution < 1.29 is 9.59 Å². The summed E-state index contributed by atoms with van der Waals surface area (Å²) >= 11 is 2.20. The first-order valence-corrected chi connectivity index (χ1v) is 8.63. The second kappa shape index (κ2) is 7.23. The fourth-order valence-corrected chi connectivity index (χ4v) is 3.05. The smallest absolute Gasteiger partial charge is 0.251 e. The molecule has 23 heavy (non-hydrogen) atoms. The molecule has 3 rings (SSSR count). The number of halogens is 1. The van der Waals surface area contributed by atoms with Gasteiger partial charge < -0.3 is 5.32 Å². The quantitative estimate of drug-likeness (QED) is 0.598. The number of hydrogen-bond acceptors (Lipinski definition) is 3. The Morgan fingerprint density at radius 3 is 2.43 bits per heavy atom. The molecule has 118 valence electrons. The Hall–Kier alpha value is -1.73. The predicted molar refractivity (Wildman–Crippen MR) is 98.2 cm³/mol. The first kappa shape index (κ1) is 16.1. The minimum absolute atomic E-state index is 0.145. The Bertz CT molecular complexity index is 701. The molecule has 1 heterocycles. The maximum Gasteiger partial charge on any atom is 0.251 e. The number of nitrogens with zero attached hydrogens (tertiary/aromatic N) is 1. The van der Waals surface area contributed by atoms with Crippen LogP contribution in [-0.2, 0) is 16.0 Å². The highest BCUT2D eigenvalue weighted by Gasteiger charge is 2.39. The minimum atomic E-state index is -0.425. The van der Waals surface area contributed by atoms with E-state index in [-0.39, 0.29) is 18.2 Å². The number of carbonyl (C=O) groups is 2. The average Bonchev–Trinajstić information content (AvgIpc) is 2.84. The summed E-state index contributed by atoms with van der Waals surface area (Å²) in [7, 11) is 0. The van der Waals surface area contributed by atoms with Gasteiger partial charge in [-0.1, -0.05) is 30.3 Å². The first-order chi connectivity index (χ1) is 11.1. The Balaban J connectivity index is 1.61. The van der Waals surface area contributed by atoms with E-state index in [9.17, 15) is 9.59 Å². The van der Waals surface area contributed by atoms with Gasteiger partial charge in [0.25, 0.3) is 5.91 Å². The lowest BCUT2D eigenvalue weighted by Gasteiger charge is -2.15. The molecule has 0 bridgehead atoms. The van der Waals surface area contributed by atoms with Crippen LogP contribution in [0.15, 0.2) is 54.6 Å². The fourth-order valence-electron chi connectivity index (χ4n) is 2.69. The van der Waals surface area contributed by atoms with Crippen molar-refractivity contribution in [2.75, 3.05) is 11.4 Å². The van der Waals surface area contributed by atoms with Gasteiger partial charge in [-0.15, -0.1) is 0 Å². The molecule has 0 spiro atoms. The van der Waals surface area contributed by atoms with Gasteiger partial charge in [0.15, 0.2) is 0 Å². The average molecular weight is 420 g/mol. The van der Waals surface area contributed by atoms with E-state index in [1.807, 2.05) is 42.5 Å². The van der Waals surface area contributed by atoms with Crippen molar-refractivity contribution in [3.63, 3.8) is 0 Å². The summed E-state index contributed by atoms with van der Waals surface area (Å²) < 4.78 is 1.07. The number of rotatable bonds is 5. The van der Waals surface area contributed by atoms with Crippen LogP contribution in [0.5, 0.6) is 0 Å². The number of amides is 2. The van der Waals surface area contributed by atoms with E-state index in [0.717, 1.165) is 9.99 Å². The lowest BCUT2D eigenvalue weighted by atomic mass is 10.1. The lowest BCUT2D eigenvalue weighted by Crippen LogP contribution is -2.39. The molecule has 0 saturated carbocycles. The molecule has 1 fully saturated rings. The van der Waals surface area contributed by atoms with Gasteiger partial charge >= 0.3 is 0 Å². The predicted octanol–water partition coefficient (Wildman–Crippen LogP) is 2.76. The number of hydrogen-bond donors (Lipinski definition) is 1. The maximum atomic E-state index is 12.5. The molecule has 1 aliphatic heterocycles. The molecule has 0 aliphatic carbocycles. The van der Waals surface area contributed by atoms with Crippen LogP contribution in [-0.4, -0.2) is 24.4 Å². The molecular weight excluding hydrogens is 403 g/mol. The zero-order chi connectivity index (χ0) is 16.2. The van der Waals surface area contributed by atoms with Gasteiger partial charge in [-0.3, -0.25) is 9.59 Å². The molecule has 0 aromatic heterocycles. The minimum Gasteiger partial charge on any atom is -0.305 e. The van der Waals surface area contributed by atoms with Gasteiger partial charge in [-0.25, -0.2) is 4.90 Å². The molecule has 1 aliphatic rings. The van der Waals surface area contributed by atoms with E-state index >= 15 is 0 Å². The molecule has 1 atom stereocenters. The Morgan fingerprint density at radius 2 is 1.74 bits per heavy atom. The summed E-state index contributed by atoms with van der Waals surface area (Å²) in [6.45, 7) is 0.675. The van der Waals surface area contributed by atoms with Crippen molar-refractivity contribution in [3.8, 4) is 0 Å². The van der Waals surface area contributed by atoms with Crippen LogP contribution in [0.25, 0.3) is 0 Å². The van der Waals surface area contributed by atoms with E-state index in [1.165, 1.54) is 10.5 Å². The van der Waals surface area contributed by atoms with Gasteiger partial charge in [0.1, 0.15) is 0 Å². The lowest BCUT2D eigenvalue weighted by molar-refractivity contribution is -0.121. The molecule has 2 aromatic carbocycles. The largest absolute Gasteiger partial charge is 0.305 e. The molecule has 2 amide bonds. The van der Waals surface area contributed by atoms with Crippen LogP contribution >= 0.6 is 22.6 Å². The Labute approximate surface area is 149 Å². The van der Waals surface area contributed by atoms with E-state index < -0.39 is 6.04 Å². The van der Waals surface area contributed by atoms with E-state index in [2.05, 4.69) is 40.0 Å². The van der Waals surface area contributed by atoms with Crippen LogP contribution in [0.3, 0.4) is 0 Å². The number of anilines is 1. The third kappa shape index (κ3) is 3.79. The van der Waals surface area contributed by atoms with Crippen LogP contribution in [0, 0.1) is 3.57 Å². The zero-order valence-electron chi connectivity index (χ0n) is 12.5. The number of imide groups is 1. The van der Waals surface area contributed by atoms with Crippen molar-refractivity contribution in [2.24, 2.45) is 0 Å². The molecule has 2 aromatic rings. The van der Waals surface area contributed by atoms with E-state index in [0.29, 0.717) is 12.2 Å². The third-order valence-electron chi connectivity index (χ3n) is 3.88. The Kier molecular flexibility index (Phi) is 5.07. The van der Waals surface area contributed by atoms with Gasteiger partial charge in [0, 0.05) is 3.57 Å². The summed E-state index contributed by atoms with van der Waals surface area (Å²) in [6.07, 6.45) is 1.06. The molecule has 0 radical (unpaired) electrons. The summed E-state index contributed by atoms with van der Waals surface area (Å²) in [5.74, 6) is -0.308. The highest BCUT2D eigenvalue weighted by atomic mass is 127. The number of carbonyl (C=O) groups excluding carboxylic acids is 2. The van der Waals surface area contributed by atoms with Crippen LogP contribution in [0.4, 0.5) is 5.69 Å². The van der Waals surface area contributed by atoms with Crippen molar-refractivity contribution >= 4 is 40.1 Å². The molecule has 4 nitrogen and oxygen atoms in total. The summed E-state index contributed by atoms with van der Waals surface area (Å²) in [5.41, 5.74) is 1.86. The fraction of sp³-hybridized carbons (Fsp3) is 0.222. The maximum absolute atomic E-state index is 12.5. The highest BCUT2D eigenvalue weighted by Crippen LogP contribution is 2.23. The van der Waals surface area contributed by atoms with E-state index in [1.54, 1.807) is 0 Å². The molecule has 1 N–H and O–H groups in total. The molecule has 5 heteroatoms. The third-order valence-corrected chi connectivity index (χ3v) is 4.60. The van der Waals surface area contributed by atoms with Crippen LogP contribution in [0.2, 0.25) is 0 Å². The number of benzene rings is 2. The highest BCUT2D eigenvalue weighted by molar-refractivity contribution is 14.1. The normalized spacial score (nSPS) is 17.8. The standard InChI is InChI=1S/C18H17IN2O2/c19-14-6-8-15(9-7-14)21-17(22)12-16(18(21)23)20-11-10-13-4-2-1-3-5-13/h1-9,16,20H,10-12H2/t16-/m1/s1. The van der Waals surface area contributed by atoms with Crippen molar-refractivity contribution in [3.05, 3.63) is 63.7 Å². The second-order valence-corrected chi connectivity index (χ2v) is 6.74. The van der Waals surface area contributed by atoms with Crippen LogP contribution < -0.4 is 10.2 Å². The monoisotopic (exact) mass is 420 g/mol. The molecular formula is C18H17IN2O2. The number of nitrogens with one attached hydrogen (secondary N) is 1. The SMILES string of the molecule is O=C1C[C@@H](NCCc2ccccc2)C(=O)N1c1ccc(I)cc1. The summed E-state index contributed by atoms with van der Waals surface area (Å²) in [5, 5.41) is 3.21. The van der Waals surface area contributed by atoms with Gasteiger partial charge in [0.05, 0.1) is 18.2 Å². The van der Waals surface area contributed by atoms with Crippen LogP contribution in [0.1, 0.15) is 12.0 Å². The molecule has 1 saturated heterocycles. The van der Waals surface area contributed by atoms with Gasteiger partial charge in [0.2, 0.25) is 5.91 Å².